The summed E-state index contributed by atoms with van der Waals surface area (Å²) in [7, 11) is 2.58. The lowest BCUT2D eigenvalue weighted by atomic mass is 10.2. The quantitative estimate of drug-likeness (QED) is 0.741. The number of hydrogen-bond acceptors (Lipinski definition) is 3. The van der Waals surface area contributed by atoms with E-state index in [1.807, 2.05) is 0 Å². The van der Waals surface area contributed by atoms with Gasteiger partial charge in [0.1, 0.15) is 17.2 Å². The van der Waals surface area contributed by atoms with Crippen LogP contribution in [0.4, 0.5) is 14.5 Å². The zero-order valence-electron chi connectivity index (χ0n) is 7.73. The van der Waals surface area contributed by atoms with E-state index in [0.29, 0.717) is 0 Å². The third-order valence-corrected chi connectivity index (χ3v) is 1.72. The molecule has 0 spiro atoms. The molecule has 0 saturated heterocycles. The third kappa shape index (κ3) is 1.81. The molecule has 1 aromatic rings. The van der Waals surface area contributed by atoms with Crippen LogP contribution in [0.2, 0.25) is 0 Å². The predicted molar refractivity (Wildman–Crippen MR) is 47.2 cm³/mol. The monoisotopic (exact) mass is 201 g/mol. The van der Waals surface area contributed by atoms with Gasteiger partial charge in [-0.3, -0.25) is 0 Å². The van der Waals surface area contributed by atoms with Gasteiger partial charge in [0.15, 0.2) is 0 Å². The van der Waals surface area contributed by atoms with Crippen LogP contribution in [0.15, 0.2) is 12.1 Å². The highest BCUT2D eigenvalue weighted by molar-refractivity contribution is 5.90. The molecule has 1 aromatic carbocycles. The second-order valence-corrected chi connectivity index (χ2v) is 2.56. The van der Waals surface area contributed by atoms with E-state index in [-0.39, 0.29) is 5.69 Å². The average molecular weight is 201 g/mol. The summed E-state index contributed by atoms with van der Waals surface area (Å²) in [6.45, 7) is 0. The van der Waals surface area contributed by atoms with E-state index in [0.717, 1.165) is 19.2 Å². The van der Waals surface area contributed by atoms with E-state index >= 15 is 0 Å². The Labute approximate surface area is 79.7 Å². The molecule has 0 fully saturated rings. The van der Waals surface area contributed by atoms with Crippen molar-refractivity contribution in [2.45, 2.75) is 0 Å². The molecule has 0 saturated carbocycles. The summed E-state index contributed by atoms with van der Waals surface area (Å²) >= 11 is 0. The van der Waals surface area contributed by atoms with Gasteiger partial charge in [0.2, 0.25) is 0 Å². The minimum absolute atomic E-state index is 0.257. The Balaban J connectivity index is 3.25. The first-order chi connectivity index (χ1) is 6.60. The summed E-state index contributed by atoms with van der Waals surface area (Å²) in [6.07, 6.45) is 0. The van der Waals surface area contributed by atoms with Crippen LogP contribution in [0.25, 0.3) is 0 Å². The molecule has 5 heteroatoms. The lowest BCUT2D eigenvalue weighted by Crippen LogP contribution is -2.08. The van der Waals surface area contributed by atoms with Crippen LogP contribution in [-0.2, 0) is 4.74 Å². The minimum Gasteiger partial charge on any atom is -0.465 e. The zero-order valence-corrected chi connectivity index (χ0v) is 7.73. The van der Waals surface area contributed by atoms with Gasteiger partial charge in [0, 0.05) is 12.7 Å². The summed E-state index contributed by atoms with van der Waals surface area (Å²) in [5.41, 5.74) is -0.417. The van der Waals surface area contributed by atoms with E-state index in [1.54, 1.807) is 0 Å². The van der Waals surface area contributed by atoms with Gasteiger partial charge in [-0.05, 0) is 12.1 Å². The molecule has 1 rings (SSSR count). The number of esters is 1. The van der Waals surface area contributed by atoms with Crippen molar-refractivity contribution in [3.05, 3.63) is 29.3 Å². The van der Waals surface area contributed by atoms with Crippen LogP contribution in [0.3, 0.4) is 0 Å². The van der Waals surface area contributed by atoms with E-state index in [9.17, 15) is 13.6 Å². The smallest absolute Gasteiger partial charge is 0.343 e. The first-order valence-corrected chi connectivity index (χ1v) is 3.85. The highest BCUT2D eigenvalue weighted by Gasteiger charge is 2.18. The molecule has 0 atom stereocenters. The number of carbonyl (C=O) groups is 1. The van der Waals surface area contributed by atoms with Gasteiger partial charge in [-0.1, -0.05) is 0 Å². The van der Waals surface area contributed by atoms with Gasteiger partial charge in [-0.2, -0.15) is 0 Å². The first-order valence-electron chi connectivity index (χ1n) is 3.85. The van der Waals surface area contributed by atoms with Crippen molar-refractivity contribution >= 4 is 11.7 Å². The van der Waals surface area contributed by atoms with Crippen LogP contribution in [-0.4, -0.2) is 20.1 Å². The number of benzene rings is 1. The van der Waals surface area contributed by atoms with Crippen LogP contribution in [0.5, 0.6) is 0 Å². The number of rotatable bonds is 2. The molecule has 0 aliphatic carbocycles. The molecular weight excluding hydrogens is 192 g/mol. The summed E-state index contributed by atoms with van der Waals surface area (Å²) in [5, 5.41) is 2.56. The zero-order chi connectivity index (χ0) is 10.7. The van der Waals surface area contributed by atoms with Gasteiger partial charge in [-0.15, -0.1) is 0 Å². The molecule has 0 radical (unpaired) electrons. The second kappa shape index (κ2) is 4.04. The molecule has 0 heterocycles. The highest BCUT2D eigenvalue weighted by atomic mass is 19.1. The van der Waals surface area contributed by atoms with Crippen molar-refractivity contribution < 1.29 is 18.3 Å². The number of nitrogens with one attached hydrogen (secondary N) is 1. The normalized spacial score (nSPS) is 9.71. The maximum absolute atomic E-state index is 13.2. The molecule has 1 N–H and O–H groups in total. The fraction of sp³-hybridized carbons (Fsp3) is 0.222. The molecule has 76 valence electrons. The topological polar surface area (TPSA) is 38.3 Å². The van der Waals surface area contributed by atoms with Gasteiger partial charge in [-0.25, -0.2) is 13.6 Å². The van der Waals surface area contributed by atoms with Crippen molar-refractivity contribution in [2.24, 2.45) is 0 Å². The SMILES string of the molecule is CNc1cc(F)c(C(=O)OC)c(F)c1. The number of methoxy groups -OCH3 is 1. The molecule has 14 heavy (non-hydrogen) atoms. The first kappa shape index (κ1) is 10.4. The van der Waals surface area contributed by atoms with Crippen molar-refractivity contribution in [1.82, 2.24) is 0 Å². The Kier molecular flexibility index (Phi) is 3.01. The summed E-state index contributed by atoms with van der Waals surface area (Å²) in [4.78, 5) is 10.9. The van der Waals surface area contributed by atoms with Crippen LogP contribution >= 0.6 is 0 Å². The maximum Gasteiger partial charge on any atom is 0.343 e. The Morgan fingerprint density at radius 1 is 1.36 bits per heavy atom. The van der Waals surface area contributed by atoms with Crippen LogP contribution in [0, 0.1) is 11.6 Å². The molecule has 3 nitrogen and oxygen atoms in total. The Bertz CT molecular complexity index is 343. The van der Waals surface area contributed by atoms with Gasteiger partial charge in [0.05, 0.1) is 7.11 Å². The molecule has 0 bridgehead atoms. The van der Waals surface area contributed by atoms with Crippen molar-refractivity contribution in [3.8, 4) is 0 Å². The van der Waals surface area contributed by atoms with Crippen molar-refractivity contribution in [2.75, 3.05) is 19.5 Å². The molecule has 0 amide bonds. The number of anilines is 1. The van der Waals surface area contributed by atoms with Crippen molar-refractivity contribution in [3.63, 3.8) is 0 Å². The Morgan fingerprint density at radius 2 is 1.86 bits per heavy atom. The number of carbonyl (C=O) groups excluding carboxylic acids is 1. The average Bonchev–Trinajstić information content (AvgIpc) is 2.16. The maximum atomic E-state index is 13.2. The van der Waals surface area contributed by atoms with E-state index in [1.165, 1.54) is 7.05 Å². The highest BCUT2D eigenvalue weighted by Crippen LogP contribution is 2.19. The van der Waals surface area contributed by atoms with E-state index < -0.39 is 23.2 Å². The minimum atomic E-state index is -1.03. The predicted octanol–water partition coefficient (Wildman–Crippen LogP) is 1.79. The second-order valence-electron chi connectivity index (χ2n) is 2.56. The third-order valence-electron chi connectivity index (χ3n) is 1.72. The fourth-order valence-corrected chi connectivity index (χ4v) is 1.01. The van der Waals surface area contributed by atoms with Crippen LogP contribution < -0.4 is 5.32 Å². The van der Waals surface area contributed by atoms with Gasteiger partial charge >= 0.3 is 5.97 Å². The molecule has 0 aromatic heterocycles. The number of hydrogen-bond donors (Lipinski definition) is 1. The largest absolute Gasteiger partial charge is 0.465 e. The van der Waals surface area contributed by atoms with Crippen molar-refractivity contribution in [1.29, 1.82) is 0 Å². The van der Waals surface area contributed by atoms with Crippen LogP contribution in [0.1, 0.15) is 10.4 Å². The molecular formula is C9H9F2NO2. The molecule has 0 unspecified atom stereocenters. The molecule has 0 aliphatic heterocycles. The fourth-order valence-electron chi connectivity index (χ4n) is 1.01. The summed E-state index contributed by atoms with van der Waals surface area (Å²) in [6, 6.07) is 2.05. The lowest BCUT2D eigenvalue weighted by molar-refractivity contribution is 0.0590. The summed E-state index contributed by atoms with van der Waals surface area (Å²) < 4.78 is 30.5. The Morgan fingerprint density at radius 3 is 2.21 bits per heavy atom. The standard InChI is InChI=1S/C9H9F2NO2/c1-12-5-3-6(10)8(7(11)4-5)9(13)14-2/h3-4,12H,1-2H3. The van der Waals surface area contributed by atoms with Gasteiger partial charge < -0.3 is 10.1 Å². The molecule has 0 aliphatic rings. The van der Waals surface area contributed by atoms with E-state index in [2.05, 4.69) is 10.1 Å². The number of halogens is 2. The lowest BCUT2D eigenvalue weighted by Gasteiger charge is -2.05. The number of ether oxygens (including phenoxy) is 1. The van der Waals surface area contributed by atoms with Gasteiger partial charge in [0.25, 0.3) is 0 Å². The van der Waals surface area contributed by atoms with E-state index in [4.69, 9.17) is 0 Å². The Hall–Kier alpha value is -1.65. The summed E-state index contributed by atoms with van der Waals surface area (Å²) in [5.74, 6) is -2.91.